The number of likely N-dealkylation sites (tertiary alicyclic amines) is 1. The van der Waals surface area contributed by atoms with Gasteiger partial charge in [-0.25, -0.2) is 0 Å². The minimum Gasteiger partial charge on any atom is -0.479 e. The van der Waals surface area contributed by atoms with Gasteiger partial charge in [0.15, 0.2) is 6.61 Å². The van der Waals surface area contributed by atoms with Crippen LogP contribution in [0.1, 0.15) is 31.7 Å². The van der Waals surface area contributed by atoms with Gasteiger partial charge in [0, 0.05) is 19.1 Å². The molecule has 4 nitrogen and oxygen atoms in total. The van der Waals surface area contributed by atoms with Crippen LogP contribution in [0.25, 0.3) is 0 Å². The summed E-state index contributed by atoms with van der Waals surface area (Å²) in [6.07, 6.45) is 4.08. The monoisotopic (exact) mass is 287 g/mol. The number of piperidine rings is 1. The van der Waals surface area contributed by atoms with E-state index in [0.717, 1.165) is 18.8 Å². The van der Waals surface area contributed by atoms with Crippen LogP contribution < -0.4 is 10.1 Å². The van der Waals surface area contributed by atoms with Crippen molar-refractivity contribution in [2.24, 2.45) is 0 Å². The summed E-state index contributed by atoms with van der Waals surface area (Å²) in [7, 11) is 0. The molecule has 1 N–H and O–H groups in total. The van der Waals surface area contributed by atoms with E-state index in [2.05, 4.69) is 17.1 Å². The highest BCUT2D eigenvalue weighted by molar-refractivity contribution is 5.27. The maximum absolute atomic E-state index is 8.47. The molecule has 4 heteroatoms. The zero-order valence-electron chi connectivity index (χ0n) is 12.8. The van der Waals surface area contributed by atoms with Crippen molar-refractivity contribution in [3.8, 4) is 11.8 Å². The van der Waals surface area contributed by atoms with Crippen molar-refractivity contribution in [2.45, 2.75) is 38.8 Å². The van der Waals surface area contributed by atoms with E-state index < -0.39 is 0 Å². The van der Waals surface area contributed by atoms with Gasteiger partial charge in [-0.2, -0.15) is 5.26 Å². The molecule has 1 aliphatic rings. The molecule has 1 saturated heterocycles. The molecule has 1 fully saturated rings. The van der Waals surface area contributed by atoms with Crippen molar-refractivity contribution in [1.29, 1.82) is 5.26 Å². The Morgan fingerprint density at radius 2 is 1.95 bits per heavy atom. The summed E-state index contributed by atoms with van der Waals surface area (Å²) in [4.78, 5) is 2.56. The normalized spacial score (nSPS) is 17.1. The Balaban J connectivity index is 1.70. The first-order valence-corrected chi connectivity index (χ1v) is 7.82. The topological polar surface area (TPSA) is 48.3 Å². The third-order valence-corrected chi connectivity index (χ3v) is 3.86. The van der Waals surface area contributed by atoms with Crippen LogP contribution in [0.15, 0.2) is 24.3 Å². The van der Waals surface area contributed by atoms with E-state index >= 15 is 0 Å². The molecule has 0 radical (unpaired) electrons. The minimum atomic E-state index is 0.102. The van der Waals surface area contributed by atoms with Gasteiger partial charge >= 0.3 is 0 Å². The van der Waals surface area contributed by atoms with E-state index in [1.54, 1.807) is 0 Å². The zero-order chi connectivity index (χ0) is 14.9. The van der Waals surface area contributed by atoms with E-state index in [-0.39, 0.29) is 6.61 Å². The van der Waals surface area contributed by atoms with Gasteiger partial charge in [-0.3, -0.25) is 0 Å². The molecule has 0 bridgehead atoms. The first kappa shape index (κ1) is 15.8. The highest BCUT2D eigenvalue weighted by atomic mass is 16.5. The molecule has 1 unspecified atom stereocenters. The van der Waals surface area contributed by atoms with Gasteiger partial charge in [-0.05, 0) is 50.6 Å². The highest BCUT2D eigenvalue weighted by Gasteiger charge is 2.12. The van der Waals surface area contributed by atoms with Crippen LogP contribution in [0.3, 0.4) is 0 Å². The van der Waals surface area contributed by atoms with Crippen LogP contribution in [-0.2, 0) is 6.54 Å². The largest absolute Gasteiger partial charge is 0.479 e. The molecule has 0 saturated carbocycles. The van der Waals surface area contributed by atoms with Crippen LogP contribution in [0, 0.1) is 11.3 Å². The molecule has 1 aromatic carbocycles. The third kappa shape index (κ3) is 5.74. The van der Waals surface area contributed by atoms with Crippen molar-refractivity contribution in [1.82, 2.24) is 10.2 Å². The van der Waals surface area contributed by atoms with Crippen LogP contribution in [0.2, 0.25) is 0 Å². The molecule has 21 heavy (non-hydrogen) atoms. The first-order valence-electron chi connectivity index (χ1n) is 7.82. The van der Waals surface area contributed by atoms with Crippen molar-refractivity contribution < 1.29 is 4.74 Å². The lowest BCUT2D eigenvalue weighted by Gasteiger charge is -2.29. The van der Waals surface area contributed by atoms with E-state index in [4.69, 9.17) is 10.00 Å². The second-order valence-electron chi connectivity index (χ2n) is 5.73. The number of benzene rings is 1. The molecular weight excluding hydrogens is 262 g/mol. The summed E-state index contributed by atoms with van der Waals surface area (Å²) in [5.41, 5.74) is 1.24. The van der Waals surface area contributed by atoms with E-state index in [1.165, 1.54) is 37.9 Å². The predicted octanol–water partition coefficient (Wildman–Crippen LogP) is 2.55. The summed E-state index contributed by atoms with van der Waals surface area (Å²) in [5.74, 6) is 0.752. The molecule has 0 aliphatic carbocycles. The van der Waals surface area contributed by atoms with Crippen LogP contribution in [-0.4, -0.2) is 37.2 Å². The van der Waals surface area contributed by atoms with E-state index in [9.17, 15) is 0 Å². The Morgan fingerprint density at radius 3 is 2.62 bits per heavy atom. The molecule has 0 spiro atoms. The third-order valence-electron chi connectivity index (χ3n) is 3.86. The van der Waals surface area contributed by atoms with Crippen molar-refractivity contribution in [2.75, 3.05) is 26.2 Å². The van der Waals surface area contributed by atoms with Gasteiger partial charge in [0.25, 0.3) is 0 Å². The number of hydrogen-bond acceptors (Lipinski definition) is 4. The fourth-order valence-electron chi connectivity index (χ4n) is 2.71. The van der Waals surface area contributed by atoms with Crippen molar-refractivity contribution in [3.05, 3.63) is 29.8 Å². The van der Waals surface area contributed by atoms with Crippen molar-refractivity contribution >= 4 is 0 Å². The summed E-state index contributed by atoms with van der Waals surface area (Å²) < 4.78 is 5.25. The predicted molar refractivity (Wildman–Crippen MR) is 84.1 cm³/mol. The van der Waals surface area contributed by atoms with Gasteiger partial charge in [0.2, 0.25) is 0 Å². The Morgan fingerprint density at radius 1 is 1.24 bits per heavy atom. The summed E-state index contributed by atoms with van der Waals surface area (Å²) >= 11 is 0. The fraction of sp³-hybridized carbons (Fsp3) is 0.588. The molecule has 1 aliphatic heterocycles. The molecule has 1 heterocycles. The average Bonchev–Trinajstić information content (AvgIpc) is 2.53. The number of nitrogens with one attached hydrogen (secondary N) is 1. The van der Waals surface area contributed by atoms with Gasteiger partial charge in [0.05, 0.1) is 0 Å². The second kappa shape index (κ2) is 8.66. The number of nitriles is 1. The Bertz CT molecular complexity index is 446. The number of hydrogen-bond donors (Lipinski definition) is 1. The molecule has 1 atom stereocenters. The first-order chi connectivity index (χ1) is 10.3. The minimum absolute atomic E-state index is 0.102. The molecule has 0 aromatic heterocycles. The smallest absolute Gasteiger partial charge is 0.174 e. The lowest BCUT2D eigenvalue weighted by atomic mass is 10.1. The molecule has 114 valence electrons. The number of rotatable bonds is 7. The van der Waals surface area contributed by atoms with E-state index in [1.807, 2.05) is 30.3 Å². The van der Waals surface area contributed by atoms with Gasteiger partial charge in [-0.15, -0.1) is 0 Å². The van der Waals surface area contributed by atoms with Gasteiger partial charge in [0.1, 0.15) is 11.8 Å². The van der Waals surface area contributed by atoms with Crippen LogP contribution in [0.5, 0.6) is 5.75 Å². The van der Waals surface area contributed by atoms with E-state index in [0.29, 0.717) is 6.04 Å². The lowest BCUT2D eigenvalue weighted by Crippen LogP contribution is -2.41. The second-order valence-corrected chi connectivity index (χ2v) is 5.73. The van der Waals surface area contributed by atoms with Gasteiger partial charge in [-0.1, -0.05) is 18.6 Å². The molecular formula is C17H25N3O. The Kier molecular flexibility index (Phi) is 6.52. The molecule has 1 aromatic rings. The average molecular weight is 287 g/mol. The molecule has 0 amide bonds. The SMILES string of the molecule is CC(CN1CCCCC1)NCc1ccc(OCC#N)cc1. The number of ether oxygens (including phenoxy) is 1. The fourth-order valence-corrected chi connectivity index (χ4v) is 2.71. The summed E-state index contributed by atoms with van der Waals surface area (Å²) in [6.45, 7) is 6.84. The summed E-state index contributed by atoms with van der Waals surface area (Å²) in [6, 6.07) is 10.4. The summed E-state index contributed by atoms with van der Waals surface area (Å²) in [5, 5.41) is 12.0. The lowest BCUT2D eigenvalue weighted by molar-refractivity contribution is 0.209. The molecule has 2 rings (SSSR count). The van der Waals surface area contributed by atoms with Crippen LogP contribution in [0.4, 0.5) is 0 Å². The highest BCUT2D eigenvalue weighted by Crippen LogP contribution is 2.12. The maximum Gasteiger partial charge on any atom is 0.174 e. The Labute approximate surface area is 127 Å². The Hall–Kier alpha value is -1.57. The zero-order valence-corrected chi connectivity index (χ0v) is 12.8. The van der Waals surface area contributed by atoms with Crippen LogP contribution >= 0.6 is 0 Å². The van der Waals surface area contributed by atoms with Crippen molar-refractivity contribution in [3.63, 3.8) is 0 Å². The quantitative estimate of drug-likeness (QED) is 0.837. The number of nitrogens with zero attached hydrogens (tertiary/aromatic N) is 2. The maximum atomic E-state index is 8.47. The van der Waals surface area contributed by atoms with Gasteiger partial charge < -0.3 is 15.0 Å². The standard InChI is InChI=1S/C17H25N3O/c1-15(14-20-10-3-2-4-11-20)19-13-16-5-7-17(8-6-16)21-12-9-18/h5-8,15,19H,2-4,10-14H2,1H3.